The standard InChI is InChI=1S/C21H23Cl2N5O/c1-13(20-26-17-5-4-15(22)12-18(17)27-20)25-21(29)14-3-6-19(16(23)11-14)28-9-2-7-24-8-10-28/h3-6,11-13,24H,2,7-10H2,1H3,(H,25,29)(H,26,27)/t13-/m0/s1. The maximum Gasteiger partial charge on any atom is 0.251 e. The number of hydrogen-bond acceptors (Lipinski definition) is 4. The van der Waals surface area contributed by atoms with Gasteiger partial charge in [-0.25, -0.2) is 4.98 Å². The molecule has 0 spiro atoms. The number of aromatic nitrogens is 2. The van der Waals surface area contributed by atoms with Crippen molar-refractivity contribution in [3.8, 4) is 0 Å². The molecule has 6 nitrogen and oxygen atoms in total. The van der Waals surface area contributed by atoms with E-state index in [0.29, 0.717) is 21.4 Å². The number of carbonyl (C=O) groups excluding carboxylic acids is 1. The minimum absolute atomic E-state index is 0.193. The number of hydrogen-bond donors (Lipinski definition) is 3. The quantitative estimate of drug-likeness (QED) is 0.579. The fourth-order valence-corrected chi connectivity index (χ4v) is 4.02. The Balaban J connectivity index is 1.47. The molecule has 0 radical (unpaired) electrons. The van der Waals surface area contributed by atoms with Gasteiger partial charge < -0.3 is 20.5 Å². The summed E-state index contributed by atoms with van der Waals surface area (Å²) in [4.78, 5) is 22.7. The molecule has 3 aromatic rings. The van der Waals surface area contributed by atoms with Crippen LogP contribution in [0, 0.1) is 0 Å². The summed E-state index contributed by atoms with van der Waals surface area (Å²) >= 11 is 12.5. The molecule has 2 heterocycles. The average Bonchev–Trinajstić information content (AvgIpc) is 2.93. The highest BCUT2D eigenvalue weighted by Gasteiger charge is 2.18. The van der Waals surface area contributed by atoms with Gasteiger partial charge in [-0.1, -0.05) is 23.2 Å². The monoisotopic (exact) mass is 431 g/mol. The summed E-state index contributed by atoms with van der Waals surface area (Å²) in [7, 11) is 0. The molecule has 0 unspecified atom stereocenters. The first kappa shape index (κ1) is 20.0. The number of rotatable bonds is 4. The lowest BCUT2D eigenvalue weighted by atomic mass is 10.1. The van der Waals surface area contributed by atoms with Crippen LogP contribution in [0.25, 0.3) is 11.0 Å². The summed E-state index contributed by atoms with van der Waals surface area (Å²) in [6.07, 6.45) is 1.07. The minimum Gasteiger partial charge on any atom is -0.369 e. The highest BCUT2D eigenvalue weighted by Crippen LogP contribution is 2.28. The molecule has 0 aliphatic carbocycles. The van der Waals surface area contributed by atoms with Gasteiger partial charge in [0, 0.05) is 30.2 Å². The number of halogens is 2. The summed E-state index contributed by atoms with van der Waals surface area (Å²) in [5.74, 6) is 0.484. The fourth-order valence-electron chi connectivity index (χ4n) is 3.55. The smallest absolute Gasteiger partial charge is 0.251 e. The molecule has 1 aliphatic heterocycles. The Morgan fingerprint density at radius 2 is 2.03 bits per heavy atom. The molecule has 29 heavy (non-hydrogen) atoms. The van der Waals surface area contributed by atoms with Gasteiger partial charge in [-0.05, 0) is 56.3 Å². The second-order valence-corrected chi connectivity index (χ2v) is 8.08. The van der Waals surface area contributed by atoms with Gasteiger partial charge in [0.1, 0.15) is 5.82 Å². The van der Waals surface area contributed by atoms with Gasteiger partial charge in [0.05, 0.1) is 27.8 Å². The summed E-state index contributed by atoms with van der Waals surface area (Å²) in [5.41, 5.74) is 3.14. The van der Waals surface area contributed by atoms with Crippen LogP contribution in [0.3, 0.4) is 0 Å². The van der Waals surface area contributed by atoms with Crippen molar-refractivity contribution in [3.63, 3.8) is 0 Å². The van der Waals surface area contributed by atoms with E-state index in [2.05, 4.69) is 25.5 Å². The molecule has 8 heteroatoms. The highest BCUT2D eigenvalue weighted by molar-refractivity contribution is 6.33. The number of nitrogens with one attached hydrogen (secondary N) is 3. The maximum atomic E-state index is 12.7. The third kappa shape index (κ3) is 4.50. The Morgan fingerprint density at radius 1 is 1.17 bits per heavy atom. The van der Waals surface area contributed by atoms with Crippen molar-refractivity contribution < 1.29 is 4.79 Å². The van der Waals surface area contributed by atoms with Gasteiger partial charge in [0.25, 0.3) is 5.91 Å². The molecule has 1 aromatic heterocycles. The molecule has 2 aromatic carbocycles. The summed E-state index contributed by atoms with van der Waals surface area (Å²) < 4.78 is 0. The number of carbonyl (C=O) groups is 1. The highest BCUT2D eigenvalue weighted by atomic mass is 35.5. The Morgan fingerprint density at radius 3 is 2.86 bits per heavy atom. The van der Waals surface area contributed by atoms with Crippen LogP contribution in [0.1, 0.15) is 35.6 Å². The van der Waals surface area contributed by atoms with Crippen molar-refractivity contribution in [2.24, 2.45) is 0 Å². The van der Waals surface area contributed by atoms with Crippen LogP contribution in [0.5, 0.6) is 0 Å². The number of nitrogens with zero attached hydrogens (tertiary/aromatic N) is 2. The van der Waals surface area contributed by atoms with Crippen LogP contribution in [-0.4, -0.2) is 42.1 Å². The Hall–Kier alpha value is -2.28. The van der Waals surface area contributed by atoms with Crippen molar-refractivity contribution >= 4 is 45.8 Å². The molecule has 152 valence electrons. The van der Waals surface area contributed by atoms with Crippen LogP contribution in [0.2, 0.25) is 10.0 Å². The number of anilines is 1. The fraction of sp³-hybridized carbons (Fsp3) is 0.333. The van der Waals surface area contributed by atoms with E-state index in [9.17, 15) is 4.79 Å². The Labute approximate surface area is 179 Å². The van der Waals surface area contributed by atoms with Crippen molar-refractivity contribution in [2.45, 2.75) is 19.4 Å². The van der Waals surface area contributed by atoms with Crippen molar-refractivity contribution in [3.05, 3.63) is 57.8 Å². The van der Waals surface area contributed by atoms with Crippen LogP contribution in [0.15, 0.2) is 36.4 Å². The van der Waals surface area contributed by atoms with E-state index in [1.807, 2.05) is 31.2 Å². The largest absolute Gasteiger partial charge is 0.369 e. The third-order valence-electron chi connectivity index (χ3n) is 5.11. The van der Waals surface area contributed by atoms with Crippen LogP contribution < -0.4 is 15.5 Å². The van der Waals surface area contributed by atoms with E-state index in [1.165, 1.54) is 0 Å². The molecular formula is C21H23Cl2N5O. The average molecular weight is 432 g/mol. The molecule has 0 saturated carbocycles. The SMILES string of the molecule is C[C@H](NC(=O)c1ccc(N2CCCNCC2)c(Cl)c1)c1nc2ccc(Cl)cc2[nH]1. The first-order chi connectivity index (χ1) is 14.0. The number of amides is 1. The maximum absolute atomic E-state index is 12.7. The normalized spacial score (nSPS) is 15.9. The van der Waals surface area contributed by atoms with Crippen LogP contribution >= 0.6 is 23.2 Å². The molecular weight excluding hydrogens is 409 g/mol. The van der Waals surface area contributed by atoms with E-state index < -0.39 is 0 Å². The second-order valence-electron chi connectivity index (χ2n) is 7.24. The number of imidazole rings is 1. The molecule has 0 bridgehead atoms. The van der Waals surface area contributed by atoms with Gasteiger partial charge in [-0.2, -0.15) is 0 Å². The van der Waals surface area contributed by atoms with Crippen molar-refractivity contribution in [2.75, 3.05) is 31.1 Å². The molecule has 3 N–H and O–H groups in total. The van der Waals surface area contributed by atoms with Crippen molar-refractivity contribution in [1.29, 1.82) is 0 Å². The minimum atomic E-state index is -0.288. The Bertz CT molecular complexity index is 1030. The van der Waals surface area contributed by atoms with E-state index in [-0.39, 0.29) is 11.9 Å². The van der Waals surface area contributed by atoms with E-state index >= 15 is 0 Å². The summed E-state index contributed by atoms with van der Waals surface area (Å²) in [5, 5.41) is 7.58. The van der Waals surface area contributed by atoms with Gasteiger partial charge in [0.2, 0.25) is 0 Å². The number of aromatic amines is 1. The van der Waals surface area contributed by atoms with Gasteiger partial charge in [-0.15, -0.1) is 0 Å². The first-order valence-corrected chi connectivity index (χ1v) is 10.5. The second kappa shape index (κ2) is 8.61. The lowest BCUT2D eigenvalue weighted by Gasteiger charge is -2.23. The van der Waals surface area contributed by atoms with Crippen LogP contribution in [-0.2, 0) is 0 Å². The zero-order chi connectivity index (χ0) is 20.4. The van der Waals surface area contributed by atoms with E-state index in [0.717, 1.165) is 49.3 Å². The van der Waals surface area contributed by atoms with Crippen LogP contribution in [0.4, 0.5) is 5.69 Å². The lowest BCUT2D eigenvalue weighted by molar-refractivity contribution is 0.0938. The lowest BCUT2D eigenvalue weighted by Crippen LogP contribution is -2.29. The molecule has 1 amide bonds. The number of fused-ring (bicyclic) bond motifs is 1. The summed E-state index contributed by atoms with van der Waals surface area (Å²) in [6, 6.07) is 10.7. The number of H-pyrrole nitrogens is 1. The van der Waals surface area contributed by atoms with Gasteiger partial charge >= 0.3 is 0 Å². The summed E-state index contributed by atoms with van der Waals surface area (Å²) in [6.45, 7) is 5.68. The van der Waals surface area contributed by atoms with Crippen molar-refractivity contribution in [1.82, 2.24) is 20.6 Å². The molecule has 1 aliphatic rings. The topological polar surface area (TPSA) is 73.1 Å². The predicted octanol–water partition coefficient (Wildman–Crippen LogP) is 4.16. The van der Waals surface area contributed by atoms with E-state index in [4.69, 9.17) is 23.2 Å². The van der Waals surface area contributed by atoms with E-state index in [1.54, 1.807) is 12.1 Å². The Kier molecular flexibility index (Phi) is 5.94. The first-order valence-electron chi connectivity index (χ1n) is 9.72. The molecule has 4 rings (SSSR count). The van der Waals surface area contributed by atoms with Gasteiger partial charge in [-0.3, -0.25) is 4.79 Å². The molecule has 1 saturated heterocycles. The molecule has 1 atom stereocenters. The van der Waals surface area contributed by atoms with Gasteiger partial charge in [0.15, 0.2) is 0 Å². The number of benzene rings is 2. The zero-order valence-corrected chi connectivity index (χ0v) is 17.6. The third-order valence-corrected chi connectivity index (χ3v) is 5.65. The zero-order valence-electron chi connectivity index (χ0n) is 16.1. The predicted molar refractivity (Wildman–Crippen MR) is 118 cm³/mol. The molecule has 1 fully saturated rings.